The van der Waals surface area contributed by atoms with Crippen LogP contribution >= 0.6 is 11.3 Å². The lowest BCUT2D eigenvalue weighted by atomic mass is 10.2. The summed E-state index contributed by atoms with van der Waals surface area (Å²) in [4.78, 5) is 27.6. The SMILES string of the molecule is CCc1cc2c(Nc3cccc(C(=O)OC)c3)nc(-c3cccnc3)nc2s1. The second kappa shape index (κ2) is 7.74. The number of thiophene rings is 1. The number of rotatable bonds is 5. The summed E-state index contributed by atoms with van der Waals surface area (Å²) in [7, 11) is 1.37. The van der Waals surface area contributed by atoms with Gasteiger partial charge < -0.3 is 10.1 Å². The number of aryl methyl sites for hydroxylation is 1. The van der Waals surface area contributed by atoms with Gasteiger partial charge in [-0.15, -0.1) is 11.3 Å². The number of anilines is 2. The number of aromatic nitrogens is 3. The first-order valence-electron chi connectivity index (χ1n) is 8.84. The smallest absolute Gasteiger partial charge is 0.337 e. The number of nitrogens with zero attached hydrogens (tertiary/aromatic N) is 3. The highest BCUT2D eigenvalue weighted by Crippen LogP contribution is 2.33. The van der Waals surface area contributed by atoms with Crippen LogP contribution in [-0.2, 0) is 11.2 Å². The van der Waals surface area contributed by atoms with Crippen LogP contribution in [-0.4, -0.2) is 28.0 Å². The minimum atomic E-state index is -0.378. The van der Waals surface area contributed by atoms with E-state index in [4.69, 9.17) is 14.7 Å². The molecule has 28 heavy (non-hydrogen) atoms. The van der Waals surface area contributed by atoms with Gasteiger partial charge in [-0.3, -0.25) is 4.98 Å². The fourth-order valence-corrected chi connectivity index (χ4v) is 3.81. The van der Waals surface area contributed by atoms with Gasteiger partial charge >= 0.3 is 5.97 Å². The normalized spacial score (nSPS) is 10.8. The largest absolute Gasteiger partial charge is 0.465 e. The van der Waals surface area contributed by atoms with Gasteiger partial charge in [-0.05, 0) is 42.8 Å². The summed E-state index contributed by atoms with van der Waals surface area (Å²) in [5.41, 5.74) is 2.08. The number of pyridine rings is 1. The molecule has 0 spiro atoms. The first kappa shape index (κ1) is 18.1. The maximum atomic E-state index is 11.8. The highest BCUT2D eigenvalue weighted by atomic mass is 32.1. The van der Waals surface area contributed by atoms with E-state index in [9.17, 15) is 4.79 Å². The molecule has 0 bridgehead atoms. The first-order chi connectivity index (χ1) is 13.7. The quantitative estimate of drug-likeness (QED) is 0.491. The molecule has 140 valence electrons. The molecule has 0 aliphatic heterocycles. The van der Waals surface area contributed by atoms with E-state index >= 15 is 0 Å². The molecule has 3 heterocycles. The minimum absolute atomic E-state index is 0.378. The van der Waals surface area contributed by atoms with E-state index < -0.39 is 0 Å². The van der Waals surface area contributed by atoms with Gasteiger partial charge in [0.05, 0.1) is 18.1 Å². The van der Waals surface area contributed by atoms with E-state index in [1.54, 1.807) is 41.9 Å². The van der Waals surface area contributed by atoms with Crippen molar-refractivity contribution in [1.29, 1.82) is 0 Å². The third kappa shape index (κ3) is 3.57. The van der Waals surface area contributed by atoms with Crippen LogP contribution in [0.25, 0.3) is 21.6 Å². The molecule has 4 aromatic rings. The number of fused-ring (bicyclic) bond motifs is 1. The number of ether oxygens (including phenoxy) is 1. The summed E-state index contributed by atoms with van der Waals surface area (Å²) in [6.45, 7) is 2.12. The van der Waals surface area contributed by atoms with Crippen LogP contribution < -0.4 is 5.32 Å². The molecule has 7 heteroatoms. The highest BCUT2D eigenvalue weighted by molar-refractivity contribution is 7.18. The van der Waals surface area contributed by atoms with Gasteiger partial charge in [0.2, 0.25) is 0 Å². The zero-order chi connectivity index (χ0) is 19.5. The van der Waals surface area contributed by atoms with Crippen molar-refractivity contribution in [2.75, 3.05) is 12.4 Å². The first-order valence-corrected chi connectivity index (χ1v) is 9.66. The molecule has 1 aromatic carbocycles. The number of nitrogens with one attached hydrogen (secondary N) is 1. The Bertz CT molecular complexity index is 1140. The number of carbonyl (C=O) groups excluding carboxylic acids is 1. The molecule has 0 aliphatic carbocycles. The van der Waals surface area contributed by atoms with Gasteiger partial charge in [-0.25, -0.2) is 14.8 Å². The molecule has 0 unspecified atom stereocenters. The molecule has 4 rings (SSSR count). The summed E-state index contributed by atoms with van der Waals surface area (Å²) in [6.07, 6.45) is 4.40. The molecule has 0 aliphatic rings. The summed E-state index contributed by atoms with van der Waals surface area (Å²) in [5, 5.41) is 4.30. The number of carbonyl (C=O) groups is 1. The lowest BCUT2D eigenvalue weighted by Gasteiger charge is -2.10. The molecule has 0 fully saturated rings. The van der Waals surface area contributed by atoms with E-state index in [-0.39, 0.29) is 5.97 Å². The van der Waals surface area contributed by atoms with Crippen molar-refractivity contribution in [3.05, 3.63) is 65.3 Å². The maximum absolute atomic E-state index is 11.8. The molecular weight excluding hydrogens is 372 g/mol. The van der Waals surface area contributed by atoms with E-state index in [0.29, 0.717) is 17.2 Å². The standard InChI is InChI=1S/C21H18N4O2S/c1-3-16-11-17-19(23-15-8-4-6-13(10-15)21(26)27-2)24-18(25-20(17)28-16)14-7-5-9-22-12-14/h4-12H,3H2,1-2H3,(H,23,24,25). The zero-order valence-corrected chi connectivity index (χ0v) is 16.3. The monoisotopic (exact) mass is 390 g/mol. The van der Waals surface area contributed by atoms with Crippen LogP contribution in [0.1, 0.15) is 22.2 Å². The highest BCUT2D eigenvalue weighted by Gasteiger charge is 2.14. The number of benzene rings is 1. The van der Waals surface area contributed by atoms with Gasteiger partial charge in [0.1, 0.15) is 10.6 Å². The van der Waals surface area contributed by atoms with E-state index in [1.807, 2.05) is 18.2 Å². The van der Waals surface area contributed by atoms with Gasteiger partial charge in [-0.2, -0.15) is 0 Å². The van der Waals surface area contributed by atoms with Crippen molar-refractivity contribution in [3.63, 3.8) is 0 Å². The Balaban J connectivity index is 1.81. The molecule has 6 nitrogen and oxygen atoms in total. The predicted octanol–water partition coefficient (Wildman–Crippen LogP) is 4.85. The van der Waals surface area contributed by atoms with Crippen molar-refractivity contribution >= 4 is 39.0 Å². The molecule has 3 aromatic heterocycles. The molecule has 0 saturated carbocycles. The van der Waals surface area contributed by atoms with Crippen molar-refractivity contribution < 1.29 is 9.53 Å². The van der Waals surface area contributed by atoms with Crippen molar-refractivity contribution in [2.24, 2.45) is 0 Å². The van der Waals surface area contributed by atoms with Gasteiger partial charge in [-0.1, -0.05) is 13.0 Å². The Morgan fingerprint density at radius 2 is 2.07 bits per heavy atom. The number of hydrogen-bond acceptors (Lipinski definition) is 7. The Kier molecular flexibility index (Phi) is 4.99. The van der Waals surface area contributed by atoms with Crippen LogP contribution in [0.4, 0.5) is 11.5 Å². The van der Waals surface area contributed by atoms with Crippen LogP contribution in [0.2, 0.25) is 0 Å². The molecule has 0 amide bonds. The second-order valence-corrected chi connectivity index (χ2v) is 7.24. The third-order valence-electron chi connectivity index (χ3n) is 4.26. The van der Waals surface area contributed by atoms with Crippen LogP contribution in [0, 0.1) is 0 Å². The van der Waals surface area contributed by atoms with Crippen molar-refractivity contribution in [1.82, 2.24) is 15.0 Å². The fraction of sp³-hybridized carbons (Fsp3) is 0.143. The molecule has 0 atom stereocenters. The molecule has 1 N–H and O–H groups in total. The predicted molar refractivity (Wildman–Crippen MR) is 111 cm³/mol. The fourth-order valence-electron chi connectivity index (χ4n) is 2.84. The second-order valence-electron chi connectivity index (χ2n) is 6.12. The Morgan fingerprint density at radius 1 is 1.18 bits per heavy atom. The molecule has 0 radical (unpaired) electrons. The molecular formula is C21H18N4O2S. The maximum Gasteiger partial charge on any atom is 0.337 e. The summed E-state index contributed by atoms with van der Waals surface area (Å²) in [6, 6.07) is 13.1. The van der Waals surface area contributed by atoms with E-state index in [2.05, 4.69) is 23.3 Å². The van der Waals surface area contributed by atoms with Crippen LogP contribution in [0.15, 0.2) is 54.9 Å². The molecule has 0 saturated heterocycles. The number of methoxy groups -OCH3 is 1. The van der Waals surface area contributed by atoms with Crippen LogP contribution in [0.5, 0.6) is 0 Å². The van der Waals surface area contributed by atoms with Crippen molar-refractivity contribution in [3.8, 4) is 11.4 Å². The topological polar surface area (TPSA) is 77.0 Å². The third-order valence-corrected chi connectivity index (χ3v) is 5.43. The average Bonchev–Trinajstić information content (AvgIpc) is 3.17. The number of esters is 1. The number of hydrogen-bond donors (Lipinski definition) is 1. The van der Waals surface area contributed by atoms with E-state index in [0.717, 1.165) is 27.9 Å². The van der Waals surface area contributed by atoms with Crippen molar-refractivity contribution in [2.45, 2.75) is 13.3 Å². The van der Waals surface area contributed by atoms with Gasteiger partial charge in [0.15, 0.2) is 5.82 Å². The van der Waals surface area contributed by atoms with E-state index in [1.165, 1.54) is 12.0 Å². The Labute approximate surface area is 166 Å². The van der Waals surface area contributed by atoms with Gasteiger partial charge in [0.25, 0.3) is 0 Å². The summed E-state index contributed by atoms with van der Waals surface area (Å²) in [5.74, 6) is 0.926. The lowest BCUT2D eigenvalue weighted by Crippen LogP contribution is -2.03. The summed E-state index contributed by atoms with van der Waals surface area (Å²) < 4.78 is 4.81. The Morgan fingerprint density at radius 3 is 2.82 bits per heavy atom. The lowest BCUT2D eigenvalue weighted by molar-refractivity contribution is 0.0601. The minimum Gasteiger partial charge on any atom is -0.465 e. The van der Waals surface area contributed by atoms with Crippen LogP contribution in [0.3, 0.4) is 0 Å². The summed E-state index contributed by atoms with van der Waals surface area (Å²) >= 11 is 1.66. The van der Waals surface area contributed by atoms with Gasteiger partial charge in [0, 0.05) is 28.5 Å². The average molecular weight is 390 g/mol. The Hall–Kier alpha value is -3.32. The zero-order valence-electron chi connectivity index (χ0n) is 15.5.